The summed E-state index contributed by atoms with van der Waals surface area (Å²) in [6.07, 6.45) is 2.94. The minimum absolute atomic E-state index is 0.157. The molecule has 1 aromatic carbocycles. The van der Waals surface area contributed by atoms with Crippen LogP contribution in [-0.4, -0.2) is 59.5 Å². The zero-order valence-electron chi connectivity index (χ0n) is 14.4. The fourth-order valence-electron chi connectivity index (χ4n) is 3.04. The molecule has 0 unspecified atom stereocenters. The summed E-state index contributed by atoms with van der Waals surface area (Å²) in [4.78, 5) is 24.8. The molecule has 7 heteroatoms. The van der Waals surface area contributed by atoms with Crippen molar-refractivity contribution in [1.82, 2.24) is 20.2 Å². The van der Waals surface area contributed by atoms with Crippen molar-refractivity contribution < 1.29 is 4.79 Å². The minimum Gasteiger partial charge on any atom is -0.382 e. The molecule has 1 aliphatic rings. The molecule has 7 nitrogen and oxygen atoms in total. The van der Waals surface area contributed by atoms with Crippen molar-refractivity contribution in [3.8, 4) is 0 Å². The number of nitrogens with two attached hydrogens (primary N) is 1. The molecular formula is C18H24N6O. The molecule has 132 valence electrons. The summed E-state index contributed by atoms with van der Waals surface area (Å²) < 4.78 is 0. The number of nitrogen functional groups attached to an aromatic ring is 1. The first kappa shape index (κ1) is 17.2. The van der Waals surface area contributed by atoms with Crippen LogP contribution < -0.4 is 16.0 Å². The zero-order valence-corrected chi connectivity index (χ0v) is 14.4. The van der Waals surface area contributed by atoms with Crippen LogP contribution in [0, 0.1) is 0 Å². The molecule has 1 aliphatic heterocycles. The highest BCUT2D eigenvalue weighted by molar-refractivity contribution is 5.96. The summed E-state index contributed by atoms with van der Waals surface area (Å²) >= 11 is 0. The van der Waals surface area contributed by atoms with E-state index in [0.29, 0.717) is 6.54 Å². The second kappa shape index (κ2) is 7.94. The van der Waals surface area contributed by atoms with E-state index in [-0.39, 0.29) is 23.5 Å². The van der Waals surface area contributed by atoms with Gasteiger partial charge in [-0.3, -0.25) is 9.69 Å². The van der Waals surface area contributed by atoms with Gasteiger partial charge in [-0.15, -0.1) is 0 Å². The Hall–Kier alpha value is -2.67. The number of para-hydroxylation sites is 1. The Labute approximate surface area is 147 Å². The van der Waals surface area contributed by atoms with Crippen LogP contribution in [0.5, 0.6) is 0 Å². The maximum atomic E-state index is 12.2. The van der Waals surface area contributed by atoms with E-state index in [1.807, 2.05) is 6.07 Å². The molecular weight excluding hydrogens is 316 g/mol. The number of hydrogen-bond acceptors (Lipinski definition) is 6. The summed E-state index contributed by atoms with van der Waals surface area (Å²) in [5.41, 5.74) is 7.14. The second-order valence-corrected chi connectivity index (χ2v) is 6.21. The first-order valence-corrected chi connectivity index (χ1v) is 8.54. The van der Waals surface area contributed by atoms with E-state index in [1.165, 1.54) is 18.1 Å². The van der Waals surface area contributed by atoms with E-state index >= 15 is 0 Å². The average Bonchev–Trinajstić information content (AvgIpc) is 2.67. The number of hydrogen-bond donors (Lipinski definition) is 2. The Bertz CT molecular complexity index is 700. The normalized spacial score (nSPS) is 16.4. The molecule has 1 fully saturated rings. The molecule has 1 atom stereocenters. The van der Waals surface area contributed by atoms with Crippen molar-refractivity contribution in [3.05, 3.63) is 48.4 Å². The largest absolute Gasteiger partial charge is 0.382 e. The summed E-state index contributed by atoms with van der Waals surface area (Å²) in [5.74, 6) is -0.121. The van der Waals surface area contributed by atoms with Gasteiger partial charge in [0, 0.05) is 56.8 Å². The van der Waals surface area contributed by atoms with Gasteiger partial charge in [-0.05, 0) is 19.1 Å². The van der Waals surface area contributed by atoms with E-state index < -0.39 is 0 Å². The summed E-state index contributed by atoms with van der Waals surface area (Å²) in [6, 6.07) is 10.7. The molecule has 0 radical (unpaired) electrons. The van der Waals surface area contributed by atoms with Crippen molar-refractivity contribution in [3.63, 3.8) is 0 Å². The van der Waals surface area contributed by atoms with E-state index in [9.17, 15) is 4.79 Å². The maximum Gasteiger partial charge on any atom is 0.273 e. The molecule has 0 bridgehead atoms. The molecule has 1 saturated heterocycles. The lowest BCUT2D eigenvalue weighted by Crippen LogP contribution is -2.52. The van der Waals surface area contributed by atoms with Gasteiger partial charge in [0.15, 0.2) is 11.5 Å². The monoisotopic (exact) mass is 340 g/mol. The number of rotatable bonds is 5. The van der Waals surface area contributed by atoms with Gasteiger partial charge in [-0.2, -0.15) is 0 Å². The lowest BCUT2D eigenvalue weighted by Gasteiger charge is -2.39. The van der Waals surface area contributed by atoms with E-state index in [0.717, 1.165) is 26.2 Å². The molecule has 25 heavy (non-hydrogen) atoms. The van der Waals surface area contributed by atoms with Gasteiger partial charge < -0.3 is 16.0 Å². The molecule has 2 heterocycles. The molecule has 0 aliphatic carbocycles. The zero-order chi connectivity index (χ0) is 17.6. The predicted molar refractivity (Wildman–Crippen MR) is 98.5 cm³/mol. The summed E-state index contributed by atoms with van der Waals surface area (Å²) in [7, 11) is 0. The fourth-order valence-corrected chi connectivity index (χ4v) is 3.04. The standard InChI is InChI=1S/C18H24N6O/c1-14(13-22-18(25)16-17(19)21-8-7-20-16)23-9-11-24(12-10-23)15-5-3-2-4-6-15/h2-8,14H,9-13H2,1H3,(H2,19,21)(H,22,25)/t14-/m1/s1. The maximum absolute atomic E-state index is 12.2. The molecule has 3 rings (SSSR count). The molecule has 1 amide bonds. The van der Waals surface area contributed by atoms with Crippen LogP contribution in [0.15, 0.2) is 42.7 Å². The van der Waals surface area contributed by atoms with E-state index in [1.54, 1.807) is 0 Å². The van der Waals surface area contributed by atoms with Crippen molar-refractivity contribution in [2.24, 2.45) is 0 Å². The lowest BCUT2D eigenvalue weighted by molar-refractivity contribution is 0.0930. The van der Waals surface area contributed by atoms with Crippen LogP contribution in [0.25, 0.3) is 0 Å². The third-order valence-electron chi connectivity index (χ3n) is 4.56. The molecule has 1 aromatic heterocycles. The van der Waals surface area contributed by atoms with Crippen LogP contribution >= 0.6 is 0 Å². The van der Waals surface area contributed by atoms with Gasteiger partial charge in [0.25, 0.3) is 5.91 Å². The molecule has 0 spiro atoms. The van der Waals surface area contributed by atoms with Gasteiger partial charge >= 0.3 is 0 Å². The first-order chi connectivity index (χ1) is 12.1. The second-order valence-electron chi connectivity index (χ2n) is 6.21. The average molecular weight is 340 g/mol. The quantitative estimate of drug-likeness (QED) is 0.844. The van der Waals surface area contributed by atoms with Crippen LogP contribution in [0.2, 0.25) is 0 Å². The van der Waals surface area contributed by atoms with E-state index in [4.69, 9.17) is 5.73 Å². The highest BCUT2D eigenvalue weighted by Crippen LogP contribution is 2.16. The number of nitrogens with one attached hydrogen (secondary N) is 1. The Morgan fingerprint density at radius 3 is 2.52 bits per heavy atom. The number of piperazine rings is 1. The van der Waals surface area contributed by atoms with Crippen LogP contribution in [0.4, 0.5) is 11.5 Å². The van der Waals surface area contributed by atoms with Crippen molar-refractivity contribution in [2.45, 2.75) is 13.0 Å². The lowest BCUT2D eigenvalue weighted by atomic mass is 10.2. The summed E-state index contributed by atoms with van der Waals surface area (Å²) in [5, 5.41) is 2.90. The van der Waals surface area contributed by atoms with Crippen molar-refractivity contribution >= 4 is 17.4 Å². The van der Waals surface area contributed by atoms with Gasteiger partial charge in [-0.25, -0.2) is 9.97 Å². The molecule has 2 aromatic rings. The number of carbonyl (C=O) groups excluding carboxylic acids is 1. The third-order valence-corrected chi connectivity index (χ3v) is 4.56. The smallest absolute Gasteiger partial charge is 0.273 e. The number of nitrogens with zero attached hydrogens (tertiary/aromatic N) is 4. The fraction of sp³-hybridized carbons (Fsp3) is 0.389. The van der Waals surface area contributed by atoms with Crippen LogP contribution in [0.1, 0.15) is 17.4 Å². The van der Waals surface area contributed by atoms with Crippen molar-refractivity contribution in [2.75, 3.05) is 43.4 Å². The number of anilines is 2. The van der Waals surface area contributed by atoms with Gasteiger partial charge in [-0.1, -0.05) is 18.2 Å². The van der Waals surface area contributed by atoms with Crippen molar-refractivity contribution in [1.29, 1.82) is 0 Å². The van der Waals surface area contributed by atoms with Gasteiger partial charge in [0.05, 0.1) is 0 Å². The van der Waals surface area contributed by atoms with Crippen LogP contribution in [0.3, 0.4) is 0 Å². The Morgan fingerprint density at radius 1 is 1.16 bits per heavy atom. The number of benzene rings is 1. The Balaban J connectivity index is 1.47. The first-order valence-electron chi connectivity index (χ1n) is 8.54. The van der Waals surface area contributed by atoms with Crippen LogP contribution in [-0.2, 0) is 0 Å². The highest BCUT2D eigenvalue weighted by atomic mass is 16.1. The SMILES string of the molecule is C[C@H](CNC(=O)c1nccnc1N)N1CCN(c2ccccc2)CC1. The highest BCUT2D eigenvalue weighted by Gasteiger charge is 2.22. The molecule has 0 saturated carbocycles. The number of amides is 1. The molecule has 3 N–H and O–H groups in total. The number of aromatic nitrogens is 2. The number of carbonyl (C=O) groups is 1. The van der Waals surface area contributed by atoms with E-state index in [2.05, 4.69) is 56.3 Å². The topological polar surface area (TPSA) is 87.4 Å². The van der Waals surface area contributed by atoms with Gasteiger partial charge in [0.1, 0.15) is 0 Å². The minimum atomic E-state index is -0.277. The Kier molecular flexibility index (Phi) is 5.45. The third kappa shape index (κ3) is 4.24. The summed E-state index contributed by atoms with van der Waals surface area (Å²) in [6.45, 7) is 6.59. The van der Waals surface area contributed by atoms with Gasteiger partial charge in [0.2, 0.25) is 0 Å². The Morgan fingerprint density at radius 2 is 1.84 bits per heavy atom. The predicted octanol–water partition coefficient (Wildman–Crippen LogP) is 0.999.